The van der Waals surface area contributed by atoms with Crippen molar-refractivity contribution in [2.75, 3.05) is 12.4 Å². The fourth-order valence-corrected chi connectivity index (χ4v) is 1.60. The highest BCUT2D eigenvalue weighted by molar-refractivity contribution is 6.39. The van der Waals surface area contributed by atoms with Crippen LogP contribution in [0, 0.1) is 0 Å². The third-order valence-corrected chi connectivity index (χ3v) is 2.70. The van der Waals surface area contributed by atoms with E-state index in [1.165, 1.54) is 31.7 Å². The van der Waals surface area contributed by atoms with Gasteiger partial charge in [0, 0.05) is 6.20 Å². The third-order valence-electron chi connectivity index (χ3n) is 2.70. The first kappa shape index (κ1) is 16.0. The van der Waals surface area contributed by atoms with E-state index in [4.69, 9.17) is 4.74 Å². The third kappa shape index (κ3) is 4.53. The summed E-state index contributed by atoms with van der Waals surface area (Å²) in [5, 5.41) is 15.5. The lowest BCUT2D eigenvalue weighted by atomic mass is 10.2. The van der Waals surface area contributed by atoms with E-state index < -0.39 is 11.8 Å². The fraction of sp³-hybridized carbons (Fsp3) is 0.0667. The second-order valence-corrected chi connectivity index (χ2v) is 4.30. The van der Waals surface area contributed by atoms with Crippen LogP contribution in [0.1, 0.15) is 5.56 Å². The molecular formula is C15H14N4O4. The number of amides is 2. The molecule has 0 atom stereocenters. The van der Waals surface area contributed by atoms with Gasteiger partial charge in [-0.05, 0) is 35.9 Å². The maximum Gasteiger partial charge on any atom is 0.329 e. The maximum atomic E-state index is 11.6. The molecule has 8 nitrogen and oxygen atoms in total. The minimum absolute atomic E-state index is 0.0107. The summed E-state index contributed by atoms with van der Waals surface area (Å²) in [6.45, 7) is 0. The van der Waals surface area contributed by atoms with Crippen LogP contribution in [0.2, 0.25) is 0 Å². The van der Waals surface area contributed by atoms with Crippen molar-refractivity contribution in [1.29, 1.82) is 0 Å². The lowest BCUT2D eigenvalue weighted by Crippen LogP contribution is -2.32. The van der Waals surface area contributed by atoms with Crippen molar-refractivity contribution in [1.82, 2.24) is 10.4 Å². The Morgan fingerprint density at radius 2 is 2.09 bits per heavy atom. The Balaban J connectivity index is 1.92. The van der Waals surface area contributed by atoms with Gasteiger partial charge in [-0.3, -0.25) is 9.59 Å². The Bertz CT molecular complexity index is 732. The van der Waals surface area contributed by atoms with Crippen molar-refractivity contribution in [3.05, 3.63) is 48.2 Å². The molecule has 0 radical (unpaired) electrons. The number of anilines is 1. The average molecular weight is 314 g/mol. The molecule has 3 N–H and O–H groups in total. The monoisotopic (exact) mass is 314 g/mol. The van der Waals surface area contributed by atoms with Gasteiger partial charge < -0.3 is 15.2 Å². The molecule has 1 heterocycles. The smallest absolute Gasteiger partial charge is 0.329 e. The largest absolute Gasteiger partial charge is 0.504 e. The van der Waals surface area contributed by atoms with Gasteiger partial charge in [0.2, 0.25) is 0 Å². The molecule has 23 heavy (non-hydrogen) atoms. The van der Waals surface area contributed by atoms with E-state index in [2.05, 4.69) is 20.8 Å². The van der Waals surface area contributed by atoms with Crippen LogP contribution in [0.5, 0.6) is 11.5 Å². The SMILES string of the molecule is COc1cc(/C=N\NC(=O)C(=O)Nc2ccccn2)ccc1O. The van der Waals surface area contributed by atoms with Crippen LogP contribution in [-0.2, 0) is 9.59 Å². The van der Waals surface area contributed by atoms with Crippen LogP contribution in [-0.4, -0.2) is 35.2 Å². The zero-order valence-electron chi connectivity index (χ0n) is 12.2. The molecule has 0 fully saturated rings. The summed E-state index contributed by atoms with van der Waals surface area (Å²) < 4.78 is 4.95. The van der Waals surface area contributed by atoms with Gasteiger partial charge in [0.1, 0.15) is 5.82 Å². The van der Waals surface area contributed by atoms with Crippen molar-refractivity contribution in [2.24, 2.45) is 5.10 Å². The highest BCUT2D eigenvalue weighted by Crippen LogP contribution is 2.25. The Labute approximate surface area is 131 Å². The molecule has 0 bridgehead atoms. The Hall–Kier alpha value is -3.42. The number of nitrogens with zero attached hydrogens (tertiary/aromatic N) is 2. The predicted octanol–water partition coefficient (Wildman–Crippen LogP) is 0.885. The number of aromatic hydroxyl groups is 1. The van der Waals surface area contributed by atoms with Gasteiger partial charge in [0.15, 0.2) is 11.5 Å². The molecule has 0 saturated heterocycles. The van der Waals surface area contributed by atoms with Crippen LogP contribution in [0.4, 0.5) is 5.82 Å². The first-order valence-corrected chi connectivity index (χ1v) is 6.52. The minimum Gasteiger partial charge on any atom is -0.504 e. The van der Waals surface area contributed by atoms with Gasteiger partial charge in [-0.15, -0.1) is 0 Å². The second kappa shape index (κ2) is 7.55. The summed E-state index contributed by atoms with van der Waals surface area (Å²) in [6, 6.07) is 9.44. The predicted molar refractivity (Wildman–Crippen MR) is 83.3 cm³/mol. The number of phenolic OH excluding ortho intramolecular Hbond substituents is 1. The summed E-state index contributed by atoms with van der Waals surface area (Å²) in [6.07, 6.45) is 2.80. The number of rotatable bonds is 4. The number of hydrogen-bond acceptors (Lipinski definition) is 6. The van der Waals surface area contributed by atoms with Crippen LogP contribution >= 0.6 is 0 Å². The Kier molecular flexibility index (Phi) is 5.24. The molecule has 8 heteroatoms. The highest BCUT2D eigenvalue weighted by Gasteiger charge is 2.13. The molecule has 2 aromatic rings. The lowest BCUT2D eigenvalue weighted by molar-refractivity contribution is -0.136. The van der Waals surface area contributed by atoms with Crippen molar-refractivity contribution in [3.8, 4) is 11.5 Å². The number of hydrogen-bond donors (Lipinski definition) is 3. The topological polar surface area (TPSA) is 113 Å². The second-order valence-electron chi connectivity index (χ2n) is 4.30. The standard InChI is InChI=1S/C15H14N4O4/c1-23-12-8-10(5-6-11(12)20)9-17-19-15(22)14(21)18-13-4-2-3-7-16-13/h2-9,20H,1H3,(H,19,22)(H,16,18,21)/b17-9-. The molecule has 1 aromatic heterocycles. The van der Waals surface area contributed by atoms with Gasteiger partial charge in [-0.25, -0.2) is 10.4 Å². The summed E-state index contributed by atoms with van der Waals surface area (Å²) in [7, 11) is 1.42. The van der Waals surface area contributed by atoms with E-state index in [9.17, 15) is 14.7 Å². The molecule has 0 aliphatic heterocycles. The number of methoxy groups -OCH3 is 1. The number of pyridine rings is 1. The quantitative estimate of drug-likeness (QED) is 0.440. The molecule has 2 rings (SSSR count). The fourth-order valence-electron chi connectivity index (χ4n) is 1.60. The first-order valence-electron chi connectivity index (χ1n) is 6.52. The van der Waals surface area contributed by atoms with E-state index in [0.717, 1.165) is 0 Å². The van der Waals surface area contributed by atoms with Gasteiger partial charge in [0.25, 0.3) is 0 Å². The van der Waals surface area contributed by atoms with E-state index >= 15 is 0 Å². The van der Waals surface area contributed by atoms with Crippen molar-refractivity contribution < 1.29 is 19.4 Å². The number of carbonyl (C=O) groups excluding carboxylic acids is 2. The van der Waals surface area contributed by atoms with E-state index in [-0.39, 0.29) is 17.3 Å². The van der Waals surface area contributed by atoms with E-state index in [1.54, 1.807) is 24.3 Å². The number of phenols is 1. The van der Waals surface area contributed by atoms with Gasteiger partial charge >= 0.3 is 11.8 Å². The van der Waals surface area contributed by atoms with Crippen LogP contribution in [0.3, 0.4) is 0 Å². The maximum absolute atomic E-state index is 11.6. The van der Waals surface area contributed by atoms with Crippen LogP contribution in [0.15, 0.2) is 47.7 Å². The molecule has 0 unspecified atom stereocenters. The first-order chi connectivity index (χ1) is 11.1. The summed E-state index contributed by atoms with van der Waals surface area (Å²) in [5.74, 6) is -1.29. The molecule has 0 aliphatic carbocycles. The summed E-state index contributed by atoms with van der Waals surface area (Å²) >= 11 is 0. The Morgan fingerprint density at radius 3 is 2.78 bits per heavy atom. The molecule has 2 amide bonds. The van der Waals surface area contributed by atoms with Crippen LogP contribution in [0.25, 0.3) is 0 Å². The van der Waals surface area contributed by atoms with Crippen molar-refractivity contribution in [3.63, 3.8) is 0 Å². The molecule has 0 spiro atoms. The van der Waals surface area contributed by atoms with Crippen LogP contribution < -0.4 is 15.5 Å². The number of ether oxygens (including phenoxy) is 1. The number of benzene rings is 1. The summed E-state index contributed by atoms with van der Waals surface area (Å²) in [4.78, 5) is 27.1. The number of aromatic nitrogens is 1. The minimum atomic E-state index is -0.933. The number of nitrogens with one attached hydrogen (secondary N) is 2. The van der Waals surface area contributed by atoms with E-state index in [1.807, 2.05) is 0 Å². The molecular weight excluding hydrogens is 300 g/mol. The van der Waals surface area contributed by atoms with E-state index in [0.29, 0.717) is 5.56 Å². The normalized spacial score (nSPS) is 10.3. The van der Waals surface area contributed by atoms with Gasteiger partial charge in [-0.2, -0.15) is 5.10 Å². The lowest BCUT2D eigenvalue weighted by Gasteiger charge is -2.04. The average Bonchev–Trinajstić information content (AvgIpc) is 2.57. The zero-order valence-corrected chi connectivity index (χ0v) is 12.2. The van der Waals surface area contributed by atoms with Gasteiger partial charge in [0.05, 0.1) is 13.3 Å². The molecule has 0 aliphatic rings. The van der Waals surface area contributed by atoms with Crippen molar-refractivity contribution in [2.45, 2.75) is 0 Å². The molecule has 0 saturated carbocycles. The Morgan fingerprint density at radius 1 is 1.26 bits per heavy atom. The number of hydrazone groups is 1. The zero-order chi connectivity index (χ0) is 16.7. The highest BCUT2D eigenvalue weighted by atomic mass is 16.5. The number of carbonyl (C=O) groups is 2. The van der Waals surface area contributed by atoms with Gasteiger partial charge in [-0.1, -0.05) is 6.07 Å². The molecule has 118 valence electrons. The summed E-state index contributed by atoms with van der Waals surface area (Å²) in [5.41, 5.74) is 2.66. The van der Waals surface area contributed by atoms with Crippen molar-refractivity contribution >= 4 is 23.8 Å². The molecule has 1 aromatic carbocycles.